The molecule has 0 atom stereocenters. The number of para-hydroxylation sites is 1. The number of ether oxygens (including phenoxy) is 1. The summed E-state index contributed by atoms with van der Waals surface area (Å²) in [6.07, 6.45) is 0.416. The second-order valence-corrected chi connectivity index (χ2v) is 7.90. The van der Waals surface area contributed by atoms with Crippen molar-refractivity contribution in [3.63, 3.8) is 0 Å². The molecule has 0 radical (unpaired) electrons. The summed E-state index contributed by atoms with van der Waals surface area (Å²) in [7, 11) is -3.72. The van der Waals surface area contributed by atoms with Gasteiger partial charge in [0.15, 0.2) is 0 Å². The SMILES string of the molecule is Cc1cc(S(=O)(=O)Nc2ccccc2Br)ccc1OCCCC(=O)O. The highest BCUT2D eigenvalue weighted by Crippen LogP contribution is 2.27. The lowest BCUT2D eigenvalue weighted by Crippen LogP contribution is -2.13. The second-order valence-electron chi connectivity index (χ2n) is 5.36. The van der Waals surface area contributed by atoms with Crippen molar-refractivity contribution >= 4 is 37.6 Å². The number of aliphatic carboxylic acids is 1. The molecule has 0 fully saturated rings. The molecule has 0 spiro atoms. The third-order valence-electron chi connectivity index (χ3n) is 3.37. The summed E-state index contributed by atoms with van der Waals surface area (Å²) in [5.74, 6) is -0.342. The van der Waals surface area contributed by atoms with Crippen molar-refractivity contribution in [2.75, 3.05) is 11.3 Å². The van der Waals surface area contributed by atoms with Crippen molar-refractivity contribution in [2.45, 2.75) is 24.7 Å². The van der Waals surface area contributed by atoms with Gasteiger partial charge in [0.1, 0.15) is 5.75 Å². The van der Waals surface area contributed by atoms with Crippen molar-refractivity contribution in [2.24, 2.45) is 0 Å². The predicted molar refractivity (Wildman–Crippen MR) is 98.5 cm³/mol. The van der Waals surface area contributed by atoms with Crippen molar-refractivity contribution < 1.29 is 23.1 Å². The molecule has 0 bridgehead atoms. The van der Waals surface area contributed by atoms with E-state index in [1.54, 1.807) is 37.3 Å². The first-order valence-corrected chi connectivity index (χ1v) is 9.80. The maximum atomic E-state index is 12.5. The fraction of sp³-hybridized carbons (Fsp3) is 0.235. The number of hydrogen-bond acceptors (Lipinski definition) is 4. The molecular formula is C17H18BrNO5S. The van der Waals surface area contributed by atoms with E-state index in [1.165, 1.54) is 12.1 Å². The highest BCUT2D eigenvalue weighted by atomic mass is 79.9. The number of benzene rings is 2. The van der Waals surface area contributed by atoms with Gasteiger partial charge in [0.05, 0.1) is 17.2 Å². The van der Waals surface area contributed by atoms with Crippen LogP contribution in [0.4, 0.5) is 5.69 Å². The number of rotatable bonds is 8. The van der Waals surface area contributed by atoms with E-state index in [-0.39, 0.29) is 17.9 Å². The molecule has 2 rings (SSSR count). The van der Waals surface area contributed by atoms with Crippen LogP contribution >= 0.6 is 15.9 Å². The van der Waals surface area contributed by atoms with Gasteiger partial charge < -0.3 is 9.84 Å². The van der Waals surface area contributed by atoms with E-state index < -0.39 is 16.0 Å². The van der Waals surface area contributed by atoms with Crippen LogP contribution in [0.3, 0.4) is 0 Å². The van der Waals surface area contributed by atoms with Gasteiger partial charge in [-0.2, -0.15) is 0 Å². The molecule has 8 heteroatoms. The molecule has 2 aromatic rings. The van der Waals surface area contributed by atoms with Crippen LogP contribution in [0.1, 0.15) is 18.4 Å². The fourth-order valence-corrected chi connectivity index (χ4v) is 3.78. The molecule has 0 aliphatic heterocycles. The zero-order valence-corrected chi connectivity index (χ0v) is 15.9. The number of hydrogen-bond donors (Lipinski definition) is 2. The van der Waals surface area contributed by atoms with E-state index in [1.807, 2.05) is 0 Å². The Bertz CT molecular complexity index is 867. The summed E-state index contributed by atoms with van der Waals surface area (Å²) >= 11 is 3.30. The van der Waals surface area contributed by atoms with Gasteiger partial charge in [-0.25, -0.2) is 8.42 Å². The lowest BCUT2D eigenvalue weighted by molar-refractivity contribution is -0.137. The molecule has 0 unspecified atom stereocenters. The van der Waals surface area contributed by atoms with E-state index >= 15 is 0 Å². The third kappa shape index (κ3) is 5.47. The average molecular weight is 428 g/mol. The molecular weight excluding hydrogens is 410 g/mol. The number of halogens is 1. The van der Waals surface area contributed by atoms with Gasteiger partial charge in [-0.3, -0.25) is 9.52 Å². The topological polar surface area (TPSA) is 92.7 Å². The minimum Gasteiger partial charge on any atom is -0.493 e. The monoisotopic (exact) mass is 427 g/mol. The van der Waals surface area contributed by atoms with Crippen LogP contribution in [0, 0.1) is 6.92 Å². The molecule has 0 heterocycles. The summed E-state index contributed by atoms with van der Waals surface area (Å²) in [5.41, 5.74) is 1.11. The fourth-order valence-electron chi connectivity index (χ4n) is 2.10. The standard InChI is InChI=1S/C17H18BrNO5S/c1-12-11-13(8-9-16(12)24-10-4-7-17(20)21)25(22,23)19-15-6-3-2-5-14(15)18/h2-3,5-6,8-9,11,19H,4,7,10H2,1H3,(H,20,21). The maximum Gasteiger partial charge on any atom is 0.303 e. The molecule has 2 aromatic carbocycles. The molecule has 2 N–H and O–H groups in total. The number of carbonyl (C=O) groups is 1. The zero-order valence-electron chi connectivity index (χ0n) is 13.5. The Hall–Kier alpha value is -2.06. The first kappa shape index (κ1) is 19.3. The smallest absolute Gasteiger partial charge is 0.303 e. The quantitative estimate of drug-likeness (QED) is 0.624. The molecule has 0 amide bonds. The van der Waals surface area contributed by atoms with Gasteiger partial charge in [-0.1, -0.05) is 12.1 Å². The molecule has 0 aliphatic carbocycles. The minimum atomic E-state index is -3.72. The van der Waals surface area contributed by atoms with Crippen LogP contribution in [0.25, 0.3) is 0 Å². The Kier molecular flexibility index (Phi) is 6.44. The predicted octanol–water partition coefficient (Wildman–Crippen LogP) is 3.80. The van der Waals surface area contributed by atoms with E-state index in [0.29, 0.717) is 27.9 Å². The highest BCUT2D eigenvalue weighted by Gasteiger charge is 2.17. The summed E-state index contributed by atoms with van der Waals surface area (Å²) in [6, 6.07) is 11.5. The molecule has 0 saturated carbocycles. The number of carboxylic acid groups (broad SMARTS) is 1. The van der Waals surface area contributed by atoms with Crippen LogP contribution in [-0.4, -0.2) is 26.1 Å². The number of sulfonamides is 1. The van der Waals surface area contributed by atoms with Gasteiger partial charge in [-0.05, 0) is 65.2 Å². The second kappa shape index (κ2) is 8.35. The molecule has 0 aromatic heterocycles. The number of nitrogens with one attached hydrogen (secondary N) is 1. The molecule has 134 valence electrons. The minimum absolute atomic E-state index is 0.0292. The first-order valence-electron chi connectivity index (χ1n) is 7.52. The largest absolute Gasteiger partial charge is 0.493 e. The van der Waals surface area contributed by atoms with Crippen LogP contribution in [0.15, 0.2) is 51.8 Å². The Morgan fingerprint density at radius 3 is 2.60 bits per heavy atom. The zero-order chi connectivity index (χ0) is 18.4. The summed E-state index contributed by atoms with van der Waals surface area (Å²) < 4.78 is 33.7. The van der Waals surface area contributed by atoms with E-state index in [2.05, 4.69) is 20.7 Å². The van der Waals surface area contributed by atoms with Gasteiger partial charge in [0, 0.05) is 10.9 Å². The average Bonchev–Trinajstić information content (AvgIpc) is 2.54. The van der Waals surface area contributed by atoms with Gasteiger partial charge in [-0.15, -0.1) is 0 Å². The van der Waals surface area contributed by atoms with Crippen LogP contribution in [0.5, 0.6) is 5.75 Å². The van der Waals surface area contributed by atoms with Crippen LogP contribution < -0.4 is 9.46 Å². The van der Waals surface area contributed by atoms with E-state index in [0.717, 1.165) is 0 Å². The Morgan fingerprint density at radius 2 is 1.96 bits per heavy atom. The summed E-state index contributed by atoms with van der Waals surface area (Å²) in [6.45, 7) is 2.00. The lowest BCUT2D eigenvalue weighted by Gasteiger charge is -2.12. The van der Waals surface area contributed by atoms with Crippen molar-refractivity contribution in [3.05, 3.63) is 52.5 Å². The maximum absolute atomic E-state index is 12.5. The van der Waals surface area contributed by atoms with Crippen molar-refractivity contribution in [1.82, 2.24) is 0 Å². The summed E-state index contributed by atoms with van der Waals surface area (Å²) in [4.78, 5) is 10.6. The number of aryl methyl sites for hydroxylation is 1. The molecule has 0 aliphatic rings. The van der Waals surface area contributed by atoms with Gasteiger partial charge in [0.25, 0.3) is 10.0 Å². The Morgan fingerprint density at radius 1 is 1.24 bits per heavy atom. The summed E-state index contributed by atoms with van der Waals surface area (Å²) in [5, 5.41) is 8.60. The molecule has 25 heavy (non-hydrogen) atoms. The Balaban J connectivity index is 2.10. The van der Waals surface area contributed by atoms with Gasteiger partial charge >= 0.3 is 5.97 Å². The lowest BCUT2D eigenvalue weighted by atomic mass is 10.2. The van der Waals surface area contributed by atoms with E-state index in [9.17, 15) is 13.2 Å². The van der Waals surface area contributed by atoms with Crippen LogP contribution in [0.2, 0.25) is 0 Å². The number of anilines is 1. The van der Waals surface area contributed by atoms with E-state index in [4.69, 9.17) is 9.84 Å². The van der Waals surface area contributed by atoms with Crippen molar-refractivity contribution in [3.8, 4) is 5.75 Å². The highest BCUT2D eigenvalue weighted by molar-refractivity contribution is 9.10. The van der Waals surface area contributed by atoms with Gasteiger partial charge in [0.2, 0.25) is 0 Å². The molecule has 0 saturated heterocycles. The molecule has 6 nitrogen and oxygen atoms in total. The third-order valence-corrected chi connectivity index (χ3v) is 5.42. The number of carboxylic acids is 1. The van der Waals surface area contributed by atoms with Crippen LogP contribution in [-0.2, 0) is 14.8 Å². The first-order chi connectivity index (χ1) is 11.8. The normalized spacial score (nSPS) is 11.1. The van der Waals surface area contributed by atoms with Crippen molar-refractivity contribution in [1.29, 1.82) is 0 Å². The Labute approximate surface area is 155 Å².